The minimum absolute atomic E-state index is 0.170. The Kier molecular flexibility index (Phi) is 43.0. The fraction of sp³-hybridized carbons (Fsp3) is 0.938. The summed E-state index contributed by atoms with van der Waals surface area (Å²) in [6.07, 6.45) is 44.5. The van der Waals surface area contributed by atoms with Crippen molar-refractivity contribution in [2.45, 2.75) is 270 Å². The largest absolute Gasteiger partial charge is 0.480 e. The molecule has 4 N–H and O–H groups in total. The van der Waals surface area contributed by atoms with Gasteiger partial charge in [0.05, 0.1) is 13.2 Å². The van der Waals surface area contributed by atoms with Crippen LogP contribution in [-0.4, -0.2) is 59.9 Å². The molecule has 0 saturated carbocycles. The molecule has 60 heavy (non-hydrogen) atoms. The van der Waals surface area contributed by atoms with E-state index < -0.39 is 51.1 Å². The summed E-state index contributed by atoms with van der Waals surface area (Å²) in [6, 6.07) is -1.52. The van der Waals surface area contributed by atoms with E-state index in [4.69, 9.17) is 24.8 Å². The molecule has 0 aromatic heterocycles. The van der Waals surface area contributed by atoms with Crippen LogP contribution in [0, 0.1) is 0 Å². The van der Waals surface area contributed by atoms with E-state index in [0.29, 0.717) is 12.8 Å². The smallest absolute Gasteiger partial charge is 0.472 e. The standard InChI is InChI=1S/C48H94NO10P/c1-3-5-7-9-11-13-15-17-19-20-21-22-23-24-26-28-30-32-34-36-38-40-47(51)59-44(42-57-60(54,55)58-43-45(49)48(52)53)41-56-46(50)39-37-35-33-31-29-27-25-18-16-14-12-10-8-6-4-2/h44-45H,3-43,49H2,1-2H3,(H,52,53)(H,54,55)/t44-,45+/m1/s1. The van der Waals surface area contributed by atoms with Gasteiger partial charge in [-0.2, -0.15) is 0 Å². The number of aliphatic carboxylic acids is 1. The Morgan fingerprint density at radius 3 is 1.05 bits per heavy atom. The van der Waals surface area contributed by atoms with E-state index in [1.54, 1.807) is 0 Å². The molecule has 3 atom stereocenters. The van der Waals surface area contributed by atoms with Gasteiger partial charge in [0.25, 0.3) is 0 Å². The number of phosphoric acid groups is 1. The van der Waals surface area contributed by atoms with Gasteiger partial charge >= 0.3 is 25.7 Å². The lowest BCUT2D eigenvalue weighted by Gasteiger charge is -2.20. The molecule has 0 amide bonds. The van der Waals surface area contributed by atoms with Crippen LogP contribution in [0.2, 0.25) is 0 Å². The monoisotopic (exact) mass is 876 g/mol. The maximum atomic E-state index is 12.7. The summed E-state index contributed by atoms with van der Waals surface area (Å²) in [6.45, 7) is 2.86. The average Bonchev–Trinajstić information content (AvgIpc) is 3.22. The zero-order chi connectivity index (χ0) is 44.2. The van der Waals surface area contributed by atoms with Crippen LogP contribution in [0.25, 0.3) is 0 Å². The van der Waals surface area contributed by atoms with Crippen molar-refractivity contribution in [2.75, 3.05) is 19.8 Å². The van der Waals surface area contributed by atoms with Gasteiger partial charge in [0.15, 0.2) is 6.10 Å². The molecule has 11 nitrogen and oxygen atoms in total. The number of nitrogens with two attached hydrogens (primary N) is 1. The SMILES string of the molecule is CCCCCCCCCCCCCCCCCCCCCCCC(=O)O[C@H](COC(=O)CCCCCCCCCCCCCCCCC)COP(=O)(O)OC[C@H](N)C(=O)O. The normalized spacial score (nSPS) is 13.5. The number of carboxylic acid groups (broad SMARTS) is 1. The number of rotatable bonds is 48. The molecule has 1 unspecified atom stereocenters. The van der Waals surface area contributed by atoms with Crippen LogP contribution in [0.4, 0.5) is 0 Å². The van der Waals surface area contributed by atoms with E-state index in [0.717, 1.165) is 38.5 Å². The van der Waals surface area contributed by atoms with Crippen LogP contribution in [0.1, 0.15) is 258 Å². The lowest BCUT2D eigenvalue weighted by atomic mass is 10.0. The van der Waals surface area contributed by atoms with Crippen LogP contribution in [0.3, 0.4) is 0 Å². The van der Waals surface area contributed by atoms with E-state index >= 15 is 0 Å². The highest BCUT2D eigenvalue weighted by Gasteiger charge is 2.28. The Bertz CT molecular complexity index is 1030. The lowest BCUT2D eigenvalue weighted by Crippen LogP contribution is -2.34. The van der Waals surface area contributed by atoms with Crippen molar-refractivity contribution in [1.82, 2.24) is 0 Å². The molecule has 0 saturated heterocycles. The molecule has 0 aliphatic carbocycles. The molecule has 12 heteroatoms. The van der Waals surface area contributed by atoms with Gasteiger partial charge in [0.2, 0.25) is 0 Å². The Morgan fingerprint density at radius 1 is 0.450 bits per heavy atom. The summed E-state index contributed by atoms with van der Waals surface area (Å²) in [4.78, 5) is 46.1. The van der Waals surface area contributed by atoms with Gasteiger partial charge in [0, 0.05) is 12.8 Å². The third-order valence-electron chi connectivity index (χ3n) is 11.4. The molecule has 0 aliphatic rings. The van der Waals surface area contributed by atoms with Gasteiger partial charge in [-0.15, -0.1) is 0 Å². The highest BCUT2D eigenvalue weighted by Crippen LogP contribution is 2.43. The van der Waals surface area contributed by atoms with Crippen molar-refractivity contribution in [3.05, 3.63) is 0 Å². The summed E-state index contributed by atoms with van der Waals surface area (Å²) in [5.74, 6) is -2.35. The topological polar surface area (TPSA) is 172 Å². The summed E-state index contributed by atoms with van der Waals surface area (Å²) in [5, 5.41) is 8.91. The summed E-state index contributed by atoms with van der Waals surface area (Å²) < 4.78 is 32.8. The van der Waals surface area contributed by atoms with Crippen molar-refractivity contribution >= 4 is 25.7 Å². The van der Waals surface area contributed by atoms with E-state index in [2.05, 4.69) is 18.4 Å². The van der Waals surface area contributed by atoms with Crippen molar-refractivity contribution < 1.29 is 47.5 Å². The van der Waals surface area contributed by atoms with Crippen LogP contribution in [0.15, 0.2) is 0 Å². The quantitative estimate of drug-likeness (QED) is 0.0302. The van der Waals surface area contributed by atoms with Gasteiger partial charge in [0.1, 0.15) is 12.6 Å². The van der Waals surface area contributed by atoms with Crippen molar-refractivity contribution in [1.29, 1.82) is 0 Å². The Balaban J connectivity index is 4.20. The highest BCUT2D eigenvalue weighted by atomic mass is 31.2. The molecule has 0 bridgehead atoms. The summed E-state index contributed by atoms with van der Waals surface area (Å²) in [7, 11) is -4.71. The molecule has 0 rings (SSSR count). The molecular formula is C48H94NO10P. The van der Waals surface area contributed by atoms with Gasteiger partial charge in [-0.1, -0.05) is 232 Å². The minimum Gasteiger partial charge on any atom is -0.480 e. The second kappa shape index (κ2) is 44.1. The second-order valence-electron chi connectivity index (χ2n) is 17.3. The Morgan fingerprint density at radius 2 is 0.733 bits per heavy atom. The molecule has 0 spiro atoms. The Labute approximate surface area is 367 Å². The fourth-order valence-electron chi connectivity index (χ4n) is 7.42. The van der Waals surface area contributed by atoms with E-state index in [1.807, 2.05) is 0 Å². The summed E-state index contributed by atoms with van der Waals surface area (Å²) >= 11 is 0. The number of hydrogen-bond donors (Lipinski definition) is 3. The number of carbonyl (C=O) groups is 3. The average molecular weight is 876 g/mol. The van der Waals surface area contributed by atoms with Crippen molar-refractivity contribution in [3.8, 4) is 0 Å². The third kappa shape index (κ3) is 43.1. The number of hydrogen-bond acceptors (Lipinski definition) is 9. The fourth-order valence-corrected chi connectivity index (χ4v) is 8.20. The van der Waals surface area contributed by atoms with Crippen LogP contribution < -0.4 is 5.73 Å². The lowest BCUT2D eigenvalue weighted by molar-refractivity contribution is -0.161. The molecule has 0 heterocycles. The molecular weight excluding hydrogens is 781 g/mol. The minimum atomic E-state index is -4.71. The van der Waals surface area contributed by atoms with E-state index in [1.165, 1.54) is 180 Å². The first-order valence-electron chi connectivity index (χ1n) is 25.1. The second-order valence-corrected chi connectivity index (χ2v) is 18.8. The van der Waals surface area contributed by atoms with Gasteiger partial charge in [-0.25, -0.2) is 4.57 Å². The molecule has 0 aromatic rings. The zero-order valence-corrected chi connectivity index (χ0v) is 39.7. The molecule has 356 valence electrons. The van der Waals surface area contributed by atoms with Gasteiger partial charge in [-0.05, 0) is 12.8 Å². The number of esters is 2. The number of phosphoric ester groups is 1. The van der Waals surface area contributed by atoms with Crippen LogP contribution in [-0.2, 0) is 37.5 Å². The first-order chi connectivity index (χ1) is 29.1. The number of ether oxygens (including phenoxy) is 2. The third-order valence-corrected chi connectivity index (χ3v) is 12.3. The maximum Gasteiger partial charge on any atom is 0.472 e. The molecule has 0 fully saturated rings. The summed E-state index contributed by atoms with van der Waals surface area (Å²) in [5.41, 5.74) is 5.35. The maximum absolute atomic E-state index is 12.7. The van der Waals surface area contributed by atoms with Crippen LogP contribution >= 0.6 is 7.82 Å². The first-order valence-corrected chi connectivity index (χ1v) is 26.6. The predicted octanol–water partition coefficient (Wildman–Crippen LogP) is 13.9. The predicted molar refractivity (Wildman–Crippen MR) is 245 cm³/mol. The highest BCUT2D eigenvalue weighted by molar-refractivity contribution is 7.47. The molecule has 0 aliphatic heterocycles. The molecule has 0 aromatic carbocycles. The Hall–Kier alpha value is -1.52. The number of unbranched alkanes of at least 4 members (excludes halogenated alkanes) is 34. The number of carbonyl (C=O) groups excluding carboxylic acids is 2. The number of carboxylic acids is 1. The molecule has 0 radical (unpaired) electrons. The van der Waals surface area contributed by atoms with Gasteiger partial charge in [-0.3, -0.25) is 23.4 Å². The van der Waals surface area contributed by atoms with Crippen molar-refractivity contribution in [2.24, 2.45) is 5.73 Å². The van der Waals surface area contributed by atoms with Crippen molar-refractivity contribution in [3.63, 3.8) is 0 Å². The van der Waals surface area contributed by atoms with E-state index in [-0.39, 0.29) is 19.4 Å². The van der Waals surface area contributed by atoms with Gasteiger partial charge < -0.3 is 25.2 Å². The van der Waals surface area contributed by atoms with Crippen LogP contribution in [0.5, 0.6) is 0 Å². The zero-order valence-electron chi connectivity index (χ0n) is 38.8. The first kappa shape index (κ1) is 58.5. The van der Waals surface area contributed by atoms with E-state index in [9.17, 15) is 23.8 Å².